The predicted octanol–water partition coefficient (Wildman–Crippen LogP) is 4.13. The fraction of sp³-hybridized carbons (Fsp3) is 0.400. The quantitative estimate of drug-likeness (QED) is 0.846. The molecule has 7 heteroatoms. The first-order chi connectivity index (χ1) is 12.8. The molecule has 1 aliphatic heterocycles. The van der Waals surface area contributed by atoms with E-state index in [0.717, 1.165) is 40.7 Å². The Hall–Kier alpha value is -2.25. The van der Waals surface area contributed by atoms with E-state index in [0.29, 0.717) is 18.9 Å². The molecule has 0 fully saturated rings. The molecule has 0 amide bonds. The van der Waals surface area contributed by atoms with Gasteiger partial charge in [-0.2, -0.15) is 0 Å². The largest absolute Gasteiger partial charge is 0.573 e. The molecule has 0 aromatic heterocycles. The Morgan fingerprint density at radius 2 is 1.89 bits per heavy atom. The van der Waals surface area contributed by atoms with Crippen molar-refractivity contribution in [3.05, 3.63) is 47.0 Å². The molecule has 0 atom stereocenters. The number of hydrogen-bond acceptors (Lipinski definition) is 4. The van der Waals surface area contributed by atoms with Crippen LogP contribution in [0.1, 0.15) is 23.1 Å². The molecular weight excluding hydrogens is 359 g/mol. The minimum atomic E-state index is -4.72. The summed E-state index contributed by atoms with van der Waals surface area (Å²) in [4.78, 5) is 2.01. The average molecular weight is 381 g/mol. The minimum absolute atomic E-state index is 0.0759. The highest BCUT2D eigenvalue weighted by molar-refractivity contribution is 5.75. The Bertz CT molecular complexity index is 802. The first-order valence-corrected chi connectivity index (χ1v) is 8.70. The van der Waals surface area contributed by atoms with Crippen LogP contribution in [0.3, 0.4) is 0 Å². The van der Waals surface area contributed by atoms with E-state index >= 15 is 0 Å². The summed E-state index contributed by atoms with van der Waals surface area (Å²) in [5.41, 5.74) is 4.40. The molecule has 0 radical (unpaired) electrons. The van der Waals surface area contributed by atoms with Crippen molar-refractivity contribution in [1.29, 1.82) is 0 Å². The maximum absolute atomic E-state index is 12.4. The Morgan fingerprint density at radius 3 is 2.48 bits per heavy atom. The summed E-state index contributed by atoms with van der Waals surface area (Å²) in [5, 5.41) is 9.90. The third-order valence-corrected chi connectivity index (χ3v) is 4.45. The van der Waals surface area contributed by atoms with Crippen LogP contribution < -0.4 is 9.47 Å². The van der Waals surface area contributed by atoms with Gasteiger partial charge in [0.25, 0.3) is 0 Å². The topological polar surface area (TPSA) is 41.9 Å². The standard InChI is InChI=1S/C20H22F3NO3/c1-24(2)11-14-10-17(19-16(18(14)12-25)4-3-9-26-19)13-5-7-15(8-6-13)27-20(21,22)23/h5-8,10,25H,3-4,9,11-12H2,1-2H3. The highest BCUT2D eigenvalue weighted by atomic mass is 19.4. The van der Waals surface area contributed by atoms with Crippen LogP contribution in [0.2, 0.25) is 0 Å². The summed E-state index contributed by atoms with van der Waals surface area (Å²) in [6.07, 6.45) is -3.05. The number of aliphatic hydroxyl groups is 1. The third-order valence-electron chi connectivity index (χ3n) is 4.45. The van der Waals surface area contributed by atoms with Crippen LogP contribution in [0.5, 0.6) is 11.5 Å². The summed E-state index contributed by atoms with van der Waals surface area (Å²) in [6, 6.07) is 7.72. The lowest BCUT2D eigenvalue weighted by Crippen LogP contribution is -2.18. The van der Waals surface area contributed by atoms with E-state index in [-0.39, 0.29) is 12.4 Å². The Morgan fingerprint density at radius 1 is 1.19 bits per heavy atom. The number of alkyl halides is 3. The van der Waals surface area contributed by atoms with Crippen molar-refractivity contribution in [2.45, 2.75) is 32.4 Å². The summed E-state index contributed by atoms with van der Waals surface area (Å²) in [5.74, 6) is 0.443. The molecule has 1 N–H and O–H groups in total. The van der Waals surface area contributed by atoms with Gasteiger partial charge in [0.2, 0.25) is 0 Å². The lowest BCUT2D eigenvalue weighted by Gasteiger charge is -2.26. The zero-order valence-corrected chi connectivity index (χ0v) is 15.3. The molecule has 0 saturated heterocycles. The SMILES string of the molecule is CN(C)Cc1cc(-c2ccc(OC(F)(F)F)cc2)c2c(c1CO)CCCO2. The first-order valence-electron chi connectivity index (χ1n) is 8.70. The molecule has 146 valence electrons. The minimum Gasteiger partial charge on any atom is -0.493 e. The highest BCUT2D eigenvalue weighted by Crippen LogP contribution is 2.41. The molecular formula is C20H22F3NO3. The van der Waals surface area contributed by atoms with Gasteiger partial charge in [-0.05, 0) is 61.8 Å². The lowest BCUT2D eigenvalue weighted by molar-refractivity contribution is -0.274. The maximum atomic E-state index is 12.4. The summed E-state index contributed by atoms with van der Waals surface area (Å²) in [6.45, 7) is 1.14. The normalized spacial score (nSPS) is 14.0. The van der Waals surface area contributed by atoms with Crippen molar-refractivity contribution in [1.82, 2.24) is 4.90 Å². The van der Waals surface area contributed by atoms with Gasteiger partial charge in [-0.25, -0.2) is 0 Å². The van der Waals surface area contributed by atoms with Gasteiger partial charge < -0.3 is 19.5 Å². The van der Waals surface area contributed by atoms with Crippen molar-refractivity contribution < 1.29 is 27.8 Å². The second kappa shape index (κ2) is 7.78. The van der Waals surface area contributed by atoms with Gasteiger partial charge >= 0.3 is 6.36 Å². The second-order valence-corrected chi connectivity index (χ2v) is 6.79. The summed E-state index contributed by atoms with van der Waals surface area (Å²) >= 11 is 0. The molecule has 0 spiro atoms. The van der Waals surface area contributed by atoms with Crippen LogP contribution >= 0.6 is 0 Å². The molecule has 1 aliphatic rings. The number of ether oxygens (including phenoxy) is 2. The molecule has 0 bridgehead atoms. The van der Waals surface area contributed by atoms with Crippen LogP contribution in [0.4, 0.5) is 13.2 Å². The van der Waals surface area contributed by atoms with E-state index in [1.165, 1.54) is 12.1 Å². The van der Waals surface area contributed by atoms with Crippen molar-refractivity contribution in [2.75, 3.05) is 20.7 Å². The van der Waals surface area contributed by atoms with Crippen LogP contribution in [0.15, 0.2) is 30.3 Å². The van der Waals surface area contributed by atoms with Crippen LogP contribution in [0.25, 0.3) is 11.1 Å². The van der Waals surface area contributed by atoms with Gasteiger partial charge in [0.05, 0.1) is 13.2 Å². The van der Waals surface area contributed by atoms with Gasteiger partial charge in [0.1, 0.15) is 11.5 Å². The van der Waals surface area contributed by atoms with Crippen molar-refractivity contribution in [3.8, 4) is 22.6 Å². The average Bonchev–Trinajstić information content (AvgIpc) is 2.60. The van der Waals surface area contributed by atoms with Crippen LogP contribution in [-0.2, 0) is 19.6 Å². The fourth-order valence-electron chi connectivity index (χ4n) is 3.40. The van der Waals surface area contributed by atoms with Crippen LogP contribution in [0, 0.1) is 0 Å². The van der Waals surface area contributed by atoms with Gasteiger partial charge in [0.15, 0.2) is 0 Å². The number of nitrogens with zero attached hydrogens (tertiary/aromatic N) is 1. The molecule has 1 heterocycles. The van der Waals surface area contributed by atoms with Gasteiger partial charge in [-0.3, -0.25) is 0 Å². The Labute approximate surface area is 156 Å². The number of aliphatic hydroxyl groups excluding tert-OH is 1. The zero-order valence-electron chi connectivity index (χ0n) is 15.3. The third kappa shape index (κ3) is 4.54. The number of fused-ring (bicyclic) bond motifs is 1. The van der Waals surface area contributed by atoms with Gasteiger partial charge in [-0.1, -0.05) is 12.1 Å². The van der Waals surface area contributed by atoms with E-state index in [2.05, 4.69) is 4.74 Å². The zero-order chi connectivity index (χ0) is 19.6. The molecule has 0 aliphatic carbocycles. The number of halogens is 3. The summed E-state index contributed by atoms with van der Waals surface area (Å²) in [7, 11) is 3.89. The monoisotopic (exact) mass is 381 g/mol. The predicted molar refractivity (Wildman–Crippen MR) is 95.7 cm³/mol. The second-order valence-electron chi connectivity index (χ2n) is 6.79. The molecule has 2 aromatic rings. The lowest BCUT2D eigenvalue weighted by atomic mass is 9.89. The van der Waals surface area contributed by atoms with Crippen molar-refractivity contribution in [2.24, 2.45) is 0 Å². The number of rotatable bonds is 5. The summed E-state index contributed by atoms with van der Waals surface area (Å²) < 4.78 is 47.0. The van der Waals surface area contributed by atoms with E-state index in [9.17, 15) is 18.3 Å². The van der Waals surface area contributed by atoms with Crippen LogP contribution in [-0.4, -0.2) is 37.1 Å². The Kier molecular flexibility index (Phi) is 5.62. The molecule has 3 rings (SSSR count). The van der Waals surface area contributed by atoms with E-state index in [1.807, 2.05) is 25.1 Å². The first kappa shape index (κ1) is 19.5. The van der Waals surface area contributed by atoms with Crippen molar-refractivity contribution >= 4 is 0 Å². The van der Waals surface area contributed by atoms with Gasteiger partial charge in [0, 0.05) is 17.7 Å². The molecule has 4 nitrogen and oxygen atoms in total. The number of hydrogen-bond donors (Lipinski definition) is 1. The molecule has 0 saturated carbocycles. The van der Waals surface area contributed by atoms with Gasteiger partial charge in [-0.15, -0.1) is 13.2 Å². The Balaban J connectivity index is 2.06. The molecule has 27 heavy (non-hydrogen) atoms. The highest BCUT2D eigenvalue weighted by Gasteiger charge is 2.31. The van der Waals surface area contributed by atoms with E-state index in [4.69, 9.17) is 4.74 Å². The van der Waals surface area contributed by atoms with E-state index < -0.39 is 6.36 Å². The maximum Gasteiger partial charge on any atom is 0.573 e. The van der Waals surface area contributed by atoms with E-state index in [1.54, 1.807) is 12.1 Å². The smallest absolute Gasteiger partial charge is 0.493 e. The number of benzene rings is 2. The van der Waals surface area contributed by atoms with Crippen molar-refractivity contribution in [3.63, 3.8) is 0 Å². The molecule has 0 unspecified atom stereocenters. The molecule has 2 aromatic carbocycles. The fourth-order valence-corrected chi connectivity index (χ4v) is 3.40.